The summed E-state index contributed by atoms with van der Waals surface area (Å²) in [5.41, 5.74) is 4.43. The van der Waals surface area contributed by atoms with Crippen LogP contribution in [-0.4, -0.2) is 35.1 Å². The molecule has 26 heavy (non-hydrogen) atoms. The number of rotatable bonds is 3. The third-order valence-electron chi connectivity index (χ3n) is 4.46. The van der Waals surface area contributed by atoms with Crippen LogP contribution in [0.2, 0.25) is 0 Å². The maximum absolute atomic E-state index is 5.43. The van der Waals surface area contributed by atoms with Crippen molar-refractivity contribution in [1.82, 2.24) is 35.1 Å². The first-order chi connectivity index (χ1) is 12.7. The van der Waals surface area contributed by atoms with Crippen molar-refractivity contribution in [3.8, 4) is 11.4 Å². The molecule has 1 aromatic carbocycles. The van der Waals surface area contributed by atoms with Gasteiger partial charge in [0.05, 0.1) is 23.3 Å². The van der Waals surface area contributed by atoms with Gasteiger partial charge in [-0.2, -0.15) is 15.2 Å². The van der Waals surface area contributed by atoms with Gasteiger partial charge in [0.2, 0.25) is 11.7 Å². The number of hydrogen-bond donors (Lipinski definition) is 1. The maximum Gasteiger partial charge on any atom is 0.232 e. The fraction of sp³-hybridized carbons (Fsp3) is 0.167. The van der Waals surface area contributed by atoms with E-state index in [1.165, 1.54) is 0 Å². The molecule has 0 saturated carbocycles. The van der Waals surface area contributed by atoms with Crippen LogP contribution in [0.5, 0.6) is 0 Å². The molecular formula is C18H15N7O. The highest BCUT2D eigenvalue weighted by atomic mass is 16.5. The summed E-state index contributed by atoms with van der Waals surface area (Å²) in [6.07, 6.45) is 2.23. The average Bonchev–Trinajstić information content (AvgIpc) is 3.35. The second-order valence-electron chi connectivity index (χ2n) is 6.21. The van der Waals surface area contributed by atoms with Gasteiger partial charge in [-0.25, -0.2) is 4.98 Å². The van der Waals surface area contributed by atoms with Gasteiger partial charge in [0.1, 0.15) is 0 Å². The van der Waals surface area contributed by atoms with Crippen molar-refractivity contribution >= 4 is 21.9 Å². The molecule has 0 aliphatic rings. The quantitative estimate of drug-likeness (QED) is 0.540. The largest absolute Gasteiger partial charge is 0.339 e. The summed E-state index contributed by atoms with van der Waals surface area (Å²) < 4.78 is 7.19. The SMILES string of the molecule is Cc1nn(C)c2ncc(-c3noc(Cc4[nH]nc5ccccc45)n3)cc12. The number of fused-ring (bicyclic) bond motifs is 2. The fourth-order valence-corrected chi connectivity index (χ4v) is 3.17. The Morgan fingerprint density at radius 1 is 1.19 bits per heavy atom. The van der Waals surface area contributed by atoms with E-state index in [-0.39, 0.29) is 0 Å². The van der Waals surface area contributed by atoms with Crippen molar-refractivity contribution in [2.75, 3.05) is 0 Å². The first-order valence-corrected chi connectivity index (χ1v) is 8.23. The molecule has 0 amide bonds. The van der Waals surface area contributed by atoms with Crippen molar-refractivity contribution in [2.45, 2.75) is 13.3 Å². The maximum atomic E-state index is 5.43. The average molecular weight is 345 g/mol. The molecule has 0 fully saturated rings. The van der Waals surface area contributed by atoms with E-state index in [2.05, 4.69) is 30.4 Å². The second-order valence-corrected chi connectivity index (χ2v) is 6.21. The standard InChI is InChI=1S/C18H15N7O/c1-10-13-7-11(9-19-18(13)25(2)23-10)17-20-16(26-24-17)8-15-12-5-3-4-6-14(12)21-22-15/h3-7,9H,8H2,1-2H3,(H,21,22). The number of pyridine rings is 1. The van der Waals surface area contributed by atoms with Crippen molar-refractivity contribution in [1.29, 1.82) is 0 Å². The zero-order valence-electron chi connectivity index (χ0n) is 14.3. The first kappa shape index (κ1) is 14.8. The molecule has 0 aliphatic heterocycles. The molecule has 4 heterocycles. The Bertz CT molecular complexity index is 1250. The van der Waals surface area contributed by atoms with Crippen LogP contribution in [0.4, 0.5) is 0 Å². The smallest absolute Gasteiger partial charge is 0.232 e. The summed E-state index contributed by atoms with van der Waals surface area (Å²) in [4.78, 5) is 8.98. The highest BCUT2D eigenvalue weighted by Gasteiger charge is 2.14. The molecule has 8 nitrogen and oxygen atoms in total. The number of nitrogens with zero attached hydrogens (tertiary/aromatic N) is 6. The molecule has 128 valence electrons. The van der Waals surface area contributed by atoms with Crippen LogP contribution >= 0.6 is 0 Å². The molecule has 1 N–H and O–H groups in total. The van der Waals surface area contributed by atoms with E-state index in [4.69, 9.17) is 4.52 Å². The molecule has 0 saturated heterocycles. The normalized spacial score (nSPS) is 11.6. The number of aromatic nitrogens is 7. The third kappa shape index (κ3) is 2.26. The molecule has 5 aromatic rings. The van der Waals surface area contributed by atoms with E-state index in [0.717, 1.165) is 38.9 Å². The van der Waals surface area contributed by atoms with Gasteiger partial charge in [0.15, 0.2) is 5.65 Å². The second kappa shape index (κ2) is 5.48. The van der Waals surface area contributed by atoms with Crippen LogP contribution in [0, 0.1) is 6.92 Å². The fourth-order valence-electron chi connectivity index (χ4n) is 3.17. The van der Waals surface area contributed by atoms with Gasteiger partial charge >= 0.3 is 0 Å². The lowest BCUT2D eigenvalue weighted by atomic mass is 10.1. The Kier molecular flexibility index (Phi) is 3.11. The lowest BCUT2D eigenvalue weighted by Gasteiger charge is -1.96. The van der Waals surface area contributed by atoms with Crippen molar-refractivity contribution in [3.05, 3.63) is 53.8 Å². The lowest BCUT2D eigenvalue weighted by Crippen LogP contribution is -1.92. The monoisotopic (exact) mass is 345 g/mol. The Morgan fingerprint density at radius 3 is 3.00 bits per heavy atom. The van der Waals surface area contributed by atoms with Crippen LogP contribution in [0.25, 0.3) is 33.3 Å². The Labute approximate surface area is 147 Å². The van der Waals surface area contributed by atoms with Crippen molar-refractivity contribution in [2.24, 2.45) is 7.05 Å². The summed E-state index contributed by atoms with van der Waals surface area (Å²) in [6.45, 7) is 1.96. The summed E-state index contributed by atoms with van der Waals surface area (Å²) in [7, 11) is 1.88. The summed E-state index contributed by atoms with van der Waals surface area (Å²) in [5, 5.41) is 17.9. The van der Waals surface area contributed by atoms with Gasteiger partial charge in [-0.05, 0) is 19.1 Å². The highest BCUT2D eigenvalue weighted by molar-refractivity contribution is 5.82. The minimum Gasteiger partial charge on any atom is -0.339 e. The van der Waals surface area contributed by atoms with Gasteiger partial charge in [-0.3, -0.25) is 9.78 Å². The predicted molar refractivity (Wildman–Crippen MR) is 95.4 cm³/mol. The van der Waals surface area contributed by atoms with Gasteiger partial charge in [-0.1, -0.05) is 23.4 Å². The minimum atomic E-state index is 0.495. The van der Waals surface area contributed by atoms with E-state index in [0.29, 0.717) is 18.1 Å². The van der Waals surface area contributed by atoms with Gasteiger partial charge < -0.3 is 4.52 Å². The van der Waals surface area contributed by atoms with E-state index in [1.807, 2.05) is 44.3 Å². The number of hydrogen-bond acceptors (Lipinski definition) is 6. The van der Waals surface area contributed by atoms with Crippen molar-refractivity contribution < 1.29 is 4.52 Å². The molecule has 8 heteroatoms. The molecule has 0 spiro atoms. The Hall–Kier alpha value is -3.55. The van der Waals surface area contributed by atoms with Crippen LogP contribution in [0.3, 0.4) is 0 Å². The van der Waals surface area contributed by atoms with Crippen LogP contribution < -0.4 is 0 Å². The minimum absolute atomic E-state index is 0.495. The third-order valence-corrected chi connectivity index (χ3v) is 4.46. The molecule has 4 aromatic heterocycles. The van der Waals surface area contributed by atoms with E-state index >= 15 is 0 Å². The van der Waals surface area contributed by atoms with Gasteiger partial charge in [0.25, 0.3) is 0 Å². The molecule has 0 bridgehead atoms. The topological polar surface area (TPSA) is 98.3 Å². The summed E-state index contributed by atoms with van der Waals surface area (Å²) in [5.74, 6) is 1.04. The molecule has 0 atom stereocenters. The zero-order chi connectivity index (χ0) is 17.7. The van der Waals surface area contributed by atoms with Gasteiger partial charge in [0, 0.05) is 29.6 Å². The van der Waals surface area contributed by atoms with Crippen LogP contribution in [0.1, 0.15) is 17.3 Å². The number of para-hydroxylation sites is 1. The summed E-state index contributed by atoms with van der Waals surface area (Å²) in [6, 6.07) is 9.92. The Morgan fingerprint density at radius 2 is 2.08 bits per heavy atom. The van der Waals surface area contributed by atoms with Gasteiger partial charge in [-0.15, -0.1) is 0 Å². The number of aryl methyl sites for hydroxylation is 2. The van der Waals surface area contributed by atoms with Crippen molar-refractivity contribution in [3.63, 3.8) is 0 Å². The van der Waals surface area contributed by atoms with E-state index < -0.39 is 0 Å². The van der Waals surface area contributed by atoms with Crippen LogP contribution in [-0.2, 0) is 13.5 Å². The lowest BCUT2D eigenvalue weighted by molar-refractivity contribution is 0.385. The molecule has 0 aliphatic carbocycles. The number of nitrogens with one attached hydrogen (secondary N) is 1. The molecule has 0 radical (unpaired) electrons. The number of benzene rings is 1. The molecule has 5 rings (SSSR count). The Balaban J connectivity index is 1.49. The van der Waals surface area contributed by atoms with E-state index in [9.17, 15) is 0 Å². The number of aromatic amines is 1. The molecule has 0 unspecified atom stereocenters. The molecular weight excluding hydrogens is 330 g/mol. The van der Waals surface area contributed by atoms with Crippen LogP contribution in [0.15, 0.2) is 41.1 Å². The zero-order valence-corrected chi connectivity index (χ0v) is 14.3. The number of H-pyrrole nitrogens is 1. The van der Waals surface area contributed by atoms with E-state index in [1.54, 1.807) is 10.9 Å². The predicted octanol–water partition coefficient (Wildman–Crippen LogP) is 2.79. The highest BCUT2D eigenvalue weighted by Crippen LogP contribution is 2.23. The first-order valence-electron chi connectivity index (χ1n) is 8.23. The summed E-state index contributed by atoms with van der Waals surface area (Å²) >= 11 is 0.